The number of nitrogens with two attached hydrogens (primary N) is 1. The molecule has 92 valence electrons. The Hall–Kier alpha value is -1.09. The zero-order chi connectivity index (χ0) is 11.9. The third kappa shape index (κ3) is 1.64. The minimum atomic E-state index is -0.138. The fourth-order valence-corrected chi connectivity index (χ4v) is 3.46. The lowest BCUT2D eigenvalue weighted by molar-refractivity contribution is 0.412. The average molecular weight is 234 g/mol. The Morgan fingerprint density at radius 1 is 1.29 bits per heavy atom. The minimum Gasteiger partial charge on any atom is -0.364 e. The Morgan fingerprint density at radius 2 is 2.06 bits per heavy atom. The number of halogens is 1. The molecule has 17 heavy (non-hydrogen) atoms. The third-order valence-electron chi connectivity index (χ3n) is 4.43. The van der Waals surface area contributed by atoms with Gasteiger partial charge in [-0.15, -0.1) is 0 Å². The van der Waals surface area contributed by atoms with E-state index in [9.17, 15) is 4.39 Å². The van der Waals surface area contributed by atoms with Crippen LogP contribution in [0.4, 0.5) is 10.1 Å². The Bertz CT molecular complexity index is 424. The molecule has 2 N–H and O–H groups in total. The highest BCUT2D eigenvalue weighted by Gasteiger charge is 2.41. The van der Waals surface area contributed by atoms with Crippen LogP contribution in [0.15, 0.2) is 18.2 Å². The van der Waals surface area contributed by atoms with Crippen molar-refractivity contribution in [3.63, 3.8) is 0 Å². The fourth-order valence-electron chi connectivity index (χ4n) is 3.46. The van der Waals surface area contributed by atoms with Gasteiger partial charge in [-0.05, 0) is 37.0 Å². The number of hydrogen-bond acceptors (Lipinski definition) is 2. The van der Waals surface area contributed by atoms with E-state index < -0.39 is 0 Å². The molecule has 1 fully saturated rings. The molecular weight excluding hydrogens is 215 g/mol. The molecule has 0 spiro atoms. The lowest BCUT2D eigenvalue weighted by Gasteiger charge is -2.40. The van der Waals surface area contributed by atoms with E-state index in [1.807, 2.05) is 6.07 Å². The average Bonchev–Trinajstić information content (AvgIpc) is 2.94. The molecule has 0 unspecified atom stereocenters. The standard InChI is InChI=1S/C14H19FN2/c15-12-4-3-11-5-8-17(13(11)9-12)14(10-16)6-1-2-7-14/h3-4,9H,1-2,5-8,10,16H2. The van der Waals surface area contributed by atoms with Gasteiger partial charge >= 0.3 is 0 Å². The second kappa shape index (κ2) is 3.98. The maximum Gasteiger partial charge on any atom is 0.125 e. The summed E-state index contributed by atoms with van der Waals surface area (Å²) >= 11 is 0. The van der Waals surface area contributed by atoms with Gasteiger partial charge in [-0.25, -0.2) is 4.39 Å². The molecule has 2 aliphatic rings. The van der Waals surface area contributed by atoms with Gasteiger partial charge in [-0.2, -0.15) is 0 Å². The summed E-state index contributed by atoms with van der Waals surface area (Å²) in [5.74, 6) is -0.138. The van der Waals surface area contributed by atoms with Crippen LogP contribution < -0.4 is 10.6 Å². The molecule has 0 bridgehead atoms. The first-order valence-electron chi connectivity index (χ1n) is 6.51. The molecule has 1 aliphatic heterocycles. The smallest absolute Gasteiger partial charge is 0.125 e. The number of rotatable bonds is 2. The number of hydrogen-bond donors (Lipinski definition) is 1. The summed E-state index contributed by atoms with van der Waals surface area (Å²) in [7, 11) is 0. The summed E-state index contributed by atoms with van der Waals surface area (Å²) in [6.45, 7) is 1.68. The van der Waals surface area contributed by atoms with Crippen molar-refractivity contribution in [3.05, 3.63) is 29.6 Å². The highest BCUT2D eigenvalue weighted by atomic mass is 19.1. The van der Waals surface area contributed by atoms with E-state index in [0.29, 0.717) is 6.54 Å². The van der Waals surface area contributed by atoms with Crippen molar-refractivity contribution in [3.8, 4) is 0 Å². The quantitative estimate of drug-likeness (QED) is 0.851. The Labute approximate surface area is 102 Å². The van der Waals surface area contributed by atoms with Crippen molar-refractivity contribution >= 4 is 5.69 Å². The van der Waals surface area contributed by atoms with E-state index in [1.165, 1.54) is 18.4 Å². The van der Waals surface area contributed by atoms with Crippen molar-refractivity contribution in [2.24, 2.45) is 5.73 Å². The molecule has 1 aromatic rings. The molecule has 3 heteroatoms. The molecule has 1 aliphatic carbocycles. The van der Waals surface area contributed by atoms with Crippen molar-refractivity contribution in [1.82, 2.24) is 0 Å². The lowest BCUT2D eigenvalue weighted by atomic mass is 9.95. The fraction of sp³-hybridized carbons (Fsp3) is 0.571. The summed E-state index contributed by atoms with van der Waals surface area (Å²) in [5, 5.41) is 0. The largest absolute Gasteiger partial charge is 0.364 e. The van der Waals surface area contributed by atoms with Gasteiger partial charge in [0.1, 0.15) is 5.82 Å². The first kappa shape index (κ1) is 11.0. The molecular formula is C14H19FN2. The number of anilines is 1. The summed E-state index contributed by atoms with van der Waals surface area (Å²) in [6, 6.07) is 5.16. The van der Waals surface area contributed by atoms with Gasteiger partial charge in [0.15, 0.2) is 0 Å². The minimum absolute atomic E-state index is 0.0963. The van der Waals surface area contributed by atoms with Crippen LogP contribution in [-0.2, 0) is 6.42 Å². The Kier molecular flexibility index (Phi) is 2.58. The topological polar surface area (TPSA) is 29.3 Å². The maximum absolute atomic E-state index is 13.4. The van der Waals surface area contributed by atoms with E-state index in [2.05, 4.69) is 4.90 Å². The molecule has 0 saturated heterocycles. The number of nitrogens with zero attached hydrogens (tertiary/aromatic N) is 1. The first-order chi connectivity index (χ1) is 8.25. The van der Waals surface area contributed by atoms with Crippen molar-refractivity contribution in [2.45, 2.75) is 37.6 Å². The summed E-state index contributed by atoms with van der Waals surface area (Å²) in [6.07, 6.45) is 5.83. The number of fused-ring (bicyclic) bond motifs is 1. The zero-order valence-corrected chi connectivity index (χ0v) is 10.1. The Balaban J connectivity index is 1.99. The second-order valence-corrected chi connectivity index (χ2v) is 5.31. The van der Waals surface area contributed by atoms with Gasteiger partial charge in [-0.3, -0.25) is 0 Å². The van der Waals surface area contributed by atoms with E-state index in [1.54, 1.807) is 12.1 Å². The highest BCUT2D eigenvalue weighted by molar-refractivity contribution is 5.60. The van der Waals surface area contributed by atoms with Crippen LogP contribution >= 0.6 is 0 Å². The molecule has 1 heterocycles. The molecule has 2 nitrogen and oxygen atoms in total. The van der Waals surface area contributed by atoms with Crippen LogP contribution in [0.25, 0.3) is 0 Å². The van der Waals surface area contributed by atoms with E-state index in [0.717, 1.165) is 31.5 Å². The van der Waals surface area contributed by atoms with Crippen LogP contribution in [0.2, 0.25) is 0 Å². The summed E-state index contributed by atoms with van der Waals surface area (Å²) in [4.78, 5) is 2.37. The SMILES string of the molecule is NCC1(N2CCc3ccc(F)cc32)CCCC1. The molecule has 1 saturated carbocycles. The lowest BCUT2D eigenvalue weighted by Crippen LogP contribution is -2.51. The molecule has 1 aromatic carbocycles. The van der Waals surface area contributed by atoms with Crippen molar-refractivity contribution in [1.29, 1.82) is 0 Å². The molecule has 0 atom stereocenters. The molecule has 0 amide bonds. The monoisotopic (exact) mass is 234 g/mol. The van der Waals surface area contributed by atoms with Crippen molar-refractivity contribution < 1.29 is 4.39 Å². The predicted octanol–water partition coefficient (Wildman–Crippen LogP) is 2.46. The zero-order valence-electron chi connectivity index (χ0n) is 10.1. The van der Waals surface area contributed by atoms with Crippen LogP contribution in [0.3, 0.4) is 0 Å². The van der Waals surface area contributed by atoms with Crippen molar-refractivity contribution in [2.75, 3.05) is 18.0 Å². The van der Waals surface area contributed by atoms with Crippen LogP contribution in [0, 0.1) is 5.82 Å². The second-order valence-electron chi connectivity index (χ2n) is 5.31. The molecule has 0 radical (unpaired) electrons. The predicted molar refractivity (Wildman–Crippen MR) is 67.7 cm³/mol. The van der Waals surface area contributed by atoms with E-state index in [-0.39, 0.29) is 11.4 Å². The van der Waals surface area contributed by atoms with Gasteiger partial charge in [0.2, 0.25) is 0 Å². The van der Waals surface area contributed by atoms with Crippen LogP contribution in [0.5, 0.6) is 0 Å². The highest BCUT2D eigenvalue weighted by Crippen LogP contribution is 2.41. The maximum atomic E-state index is 13.4. The number of benzene rings is 1. The van der Waals surface area contributed by atoms with Crippen LogP contribution in [-0.4, -0.2) is 18.6 Å². The first-order valence-corrected chi connectivity index (χ1v) is 6.51. The van der Waals surface area contributed by atoms with Gasteiger partial charge in [0.25, 0.3) is 0 Å². The summed E-state index contributed by atoms with van der Waals surface area (Å²) < 4.78 is 13.4. The van der Waals surface area contributed by atoms with Gasteiger partial charge in [0, 0.05) is 18.8 Å². The van der Waals surface area contributed by atoms with E-state index >= 15 is 0 Å². The Morgan fingerprint density at radius 3 is 2.76 bits per heavy atom. The van der Waals surface area contributed by atoms with Gasteiger partial charge in [0.05, 0.1) is 5.54 Å². The third-order valence-corrected chi connectivity index (χ3v) is 4.43. The van der Waals surface area contributed by atoms with Crippen LogP contribution in [0.1, 0.15) is 31.2 Å². The van der Waals surface area contributed by atoms with E-state index in [4.69, 9.17) is 5.73 Å². The normalized spacial score (nSPS) is 21.9. The summed E-state index contributed by atoms with van der Waals surface area (Å²) in [5.41, 5.74) is 8.46. The molecule has 3 rings (SSSR count). The molecule has 0 aromatic heterocycles. The van der Waals surface area contributed by atoms with Gasteiger partial charge in [-0.1, -0.05) is 18.9 Å². The van der Waals surface area contributed by atoms with Gasteiger partial charge < -0.3 is 10.6 Å².